The van der Waals surface area contributed by atoms with Crippen molar-refractivity contribution < 1.29 is 33.6 Å². The lowest BCUT2D eigenvalue weighted by Crippen LogP contribution is -2.57. The number of morpholine rings is 2. The molecule has 0 unspecified atom stereocenters. The van der Waals surface area contributed by atoms with Crippen molar-refractivity contribution in [2.75, 3.05) is 52.6 Å². The lowest BCUT2D eigenvalue weighted by molar-refractivity contribution is -0.172. The van der Waals surface area contributed by atoms with E-state index in [-0.39, 0.29) is 11.7 Å². The minimum Gasteiger partial charge on any atom is -0.507 e. The number of phenolic OH excluding ortho intramolecular Hbond substituents is 1. The van der Waals surface area contributed by atoms with E-state index in [0.717, 1.165) is 0 Å². The van der Waals surface area contributed by atoms with Crippen LogP contribution in [-0.4, -0.2) is 91.1 Å². The second kappa shape index (κ2) is 9.70. The summed E-state index contributed by atoms with van der Waals surface area (Å²) in [6.45, 7) is 9.63. The second-order valence-electron chi connectivity index (χ2n) is 9.01. The van der Waals surface area contributed by atoms with E-state index < -0.39 is 23.7 Å². The van der Waals surface area contributed by atoms with Gasteiger partial charge in [0.05, 0.1) is 38.0 Å². The molecule has 2 fully saturated rings. The zero-order valence-electron chi connectivity index (χ0n) is 19.4. The van der Waals surface area contributed by atoms with Crippen molar-refractivity contribution >= 4 is 18.0 Å². The molecule has 0 spiro atoms. The predicted molar refractivity (Wildman–Crippen MR) is 120 cm³/mol. The summed E-state index contributed by atoms with van der Waals surface area (Å²) in [5.41, 5.74) is 0.250. The van der Waals surface area contributed by atoms with Gasteiger partial charge in [-0.05, 0) is 32.1 Å². The number of benzene rings is 1. The Bertz CT molecular complexity index is 918. The molecule has 0 saturated carbocycles. The topological polar surface area (TPSA) is 97.8 Å². The molecule has 2 atom stereocenters. The van der Waals surface area contributed by atoms with Crippen LogP contribution in [0.15, 0.2) is 18.2 Å². The van der Waals surface area contributed by atoms with Gasteiger partial charge in [-0.15, -0.1) is 0 Å². The minimum atomic E-state index is -0.808. The van der Waals surface area contributed by atoms with Gasteiger partial charge in [-0.25, -0.2) is 0 Å². The summed E-state index contributed by atoms with van der Waals surface area (Å²) in [7, 11) is 0. The number of nitrogens with zero attached hydrogens (tertiary/aromatic N) is 2. The van der Waals surface area contributed by atoms with E-state index in [1.165, 1.54) is 13.0 Å². The van der Waals surface area contributed by atoms with E-state index in [1.807, 2.05) is 13.8 Å². The first-order chi connectivity index (χ1) is 15.8. The number of phenols is 1. The molecular formula is C24H32N2O7. The Morgan fingerprint density at radius 2 is 1.73 bits per heavy atom. The fourth-order valence-electron chi connectivity index (χ4n) is 4.65. The second-order valence-corrected chi connectivity index (χ2v) is 9.01. The van der Waals surface area contributed by atoms with Crippen LogP contribution in [0, 0.1) is 0 Å². The molecule has 1 N–H and O–H groups in total. The SMILES string of the molecule is CC(=O)O[C@@H]1[C@@H](N2CCOCC2)c2c(ccc(/C=C/C(=O)N3CCOCC3)c2O)OC1(C)C. The minimum absolute atomic E-state index is 0.0164. The van der Waals surface area contributed by atoms with Crippen molar-refractivity contribution in [1.29, 1.82) is 0 Å². The number of aromatic hydroxyl groups is 1. The highest BCUT2D eigenvalue weighted by atomic mass is 16.6. The molecule has 9 nitrogen and oxygen atoms in total. The quantitative estimate of drug-likeness (QED) is 0.536. The van der Waals surface area contributed by atoms with Gasteiger partial charge in [-0.2, -0.15) is 0 Å². The molecule has 1 amide bonds. The third kappa shape index (κ3) is 5.00. The third-order valence-electron chi connectivity index (χ3n) is 6.31. The van der Waals surface area contributed by atoms with E-state index in [0.29, 0.717) is 69.5 Å². The van der Waals surface area contributed by atoms with Gasteiger partial charge >= 0.3 is 5.97 Å². The normalized spacial score (nSPS) is 25.4. The van der Waals surface area contributed by atoms with Gasteiger partial charge in [0.2, 0.25) is 5.91 Å². The van der Waals surface area contributed by atoms with Crippen LogP contribution in [0.1, 0.15) is 37.9 Å². The predicted octanol–water partition coefficient (Wildman–Crippen LogP) is 1.74. The Balaban J connectivity index is 1.70. The van der Waals surface area contributed by atoms with Crippen molar-refractivity contribution in [2.45, 2.75) is 38.5 Å². The van der Waals surface area contributed by atoms with Gasteiger partial charge in [-0.3, -0.25) is 14.5 Å². The summed E-state index contributed by atoms with van der Waals surface area (Å²) in [5.74, 6) is 0.0112. The summed E-state index contributed by atoms with van der Waals surface area (Å²) >= 11 is 0. The highest BCUT2D eigenvalue weighted by molar-refractivity contribution is 5.92. The Hall–Kier alpha value is -2.62. The van der Waals surface area contributed by atoms with Crippen LogP contribution in [0.4, 0.5) is 0 Å². The zero-order chi connectivity index (χ0) is 23.6. The van der Waals surface area contributed by atoms with E-state index in [1.54, 1.807) is 23.1 Å². The molecule has 3 aliphatic heterocycles. The van der Waals surface area contributed by atoms with Crippen molar-refractivity contribution in [3.05, 3.63) is 29.3 Å². The number of esters is 1. The number of fused-ring (bicyclic) bond motifs is 1. The van der Waals surface area contributed by atoms with Crippen molar-refractivity contribution in [3.8, 4) is 11.5 Å². The summed E-state index contributed by atoms with van der Waals surface area (Å²) < 4.78 is 22.8. The molecule has 3 aliphatic rings. The van der Waals surface area contributed by atoms with E-state index >= 15 is 0 Å². The largest absolute Gasteiger partial charge is 0.507 e. The van der Waals surface area contributed by atoms with Crippen LogP contribution in [0.2, 0.25) is 0 Å². The summed E-state index contributed by atoms with van der Waals surface area (Å²) in [6.07, 6.45) is 2.44. The molecule has 2 saturated heterocycles. The lowest BCUT2D eigenvalue weighted by Gasteiger charge is -2.48. The fraction of sp³-hybridized carbons (Fsp3) is 0.583. The monoisotopic (exact) mass is 460 g/mol. The number of hydrogen-bond donors (Lipinski definition) is 1. The molecule has 0 aromatic heterocycles. The number of carbonyl (C=O) groups is 2. The Labute approximate surface area is 193 Å². The first kappa shape index (κ1) is 23.5. The first-order valence-corrected chi connectivity index (χ1v) is 11.4. The molecule has 1 aromatic rings. The molecule has 4 rings (SSSR count). The van der Waals surface area contributed by atoms with Gasteiger partial charge in [0, 0.05) is 44.7 Å². The maximum absolute atomic E-state index is 12.5. The molecular weight excluding hydrogens is 428 g/mol. The standard InChI is InChI=1S/C24H32N2O7/c1-16(27)32-23-21(26-10-14-31-15-11-26)20-18(33-24(23,2)3)6-4-17(22(20)29)5-7-19(28)25-8-12-30-13-9-25/h4-7,21,23,29H,8-15H2,1-3H3/b7-5+/t21-,23+/m0/s1. The highest BCUT2D eigenvalue weighted by Gasteiger charge is 2.50. The summed E-state index contributed by atoms with van der Waals surface area (Å²) in [4.78, 5) is 28.4. The average Bonchev–Trinajstić information content (AvgIpc) is 2.80. The Morgan fingerprint density at radius 1 is 1.09 bits per heavy atom. The average molecular weight is 461 g/mol. The molecule has 33 heavy (non-hydrogen) atoms. The molecule has 1 aromatic carbocycles. The summed E-state index contributed by atoms with van der Waals surface area (Å²) in [6, 6.07) is 3.11. The van der Waals surface area contributed by atoms with Crippen LogP contribution < -0.4 is 4.74 Å². The van der Waals surface area contributed by atoms with E-state index in [9.17, 15) is 14.7 Å². The van der Waals surface area contributed by atoms with Crippen molar-refractivity contribution in [1.82, 2.24) is 9.80 Å². The van der Waals surface area contributed by atoms with Gasteiger partial charge < -0.3 is 29.0 Å². The fourth-order valence-corrected chi connectivity index (χ4v) is 4.65. The maximum Gasteiger partial charge on any atom is 0.303 e. The van der Waals surface area contributed by atoms with Crippen LogP contribution in [0.3, 0.4) is 0 Å². The number of carbonyl (C=O) groups excluding carboxylic acids is 2. The lowest BCUT2D eigenvalue weighted by atomic mass is 9.83. The smallest absolute Gasteiger partial charge is 0.303 e. The molecule has 9 heteroatoms. The Morgan fingerprint density at radius 3 is 2.36 bits per heavy atom. The number of rotatable bonds is 4. The summed E-state index contributed by atoms with van der Waals surface area (Å²) in [5, 5.41) is 11.3. The zero-order valence-corrected chi connectivity index (χ0v) is 19.4. The van der Waals surface area contributed by atoms with Crippen molar-refractivity contribution in [2.24, 2.45) is 0 Å². The highest BCUT2D eigenvalue weighted by Crippen LogP contribution is 2.49. The van der Waals surface area contributed by atoms with Crippen LogP contribution in [-0.2, 0) is 23.8 Å². The molecule has 0 bridgehead atoms. The third-order valence-corrected chi connectivity index (χ3v) is 6.31. The molecule has 3 heterocycles. The van der Waals surface area contributed by atoms with Gasteiger partial charge in [0.15, 0.2) is 6.10 Å². The number of hydrogen-bond acceptors (Lipinski definition) is 8. The van der Waals surface area contributed by atoms with Crippen LogP contribution in [0.25, 0.3) is 6.08 Å². The molecule has 0 radical (unpaired) electrons. The van der Waals surface area contributed by atoms with E-state index in [2.05, 4.69) is 4.90 Å². The van der Waals surface area contributed by atoms with Gasteiger partial charge in [-0.1, -0.05) is 0 Å². The van der Waals surface area contributed by atoms with Crippen LogP contribution in [0.5, 0.6) is 11.5 Å². The molecule has 0 aliphatic carbocycles. The van der Waals surface area contributed by atoms with Gasteiger partial charge in [0.1, 0.15) is 17.1 Å². The maximum atomic E-state index is 12.5. The molecule has 180 valence electrons. The van der Waals surface area contributed by atoms with Gasteiger partial charge in [0.25, 0.3) is 0 Å². The van der Waals surface area contributed by atoms with E-state index in [4.69, 9.17) is 18.9 Å². The first-order valence-electron chi connectivity index (χ1n) is 11.4. The van der Waals surface area contributed by atoms with Crippen LogP contribution >= 0.6 is 0 Å². The Kier molecular flexibility index (Phi) is 6.92. The number of ether oxygens (including phenoxy) is 4. The number of amides is 1. The van der Waals surface area contributed by atoms with Crippen molar-refractivity contribution in [3.63, 3.8) is 0 Å².